The summed E-state index contributed by atoms with van der Waals surface area (Å²) in [5.41, 5.74) is 1.05. The fourth-order valence-electron chi connectivity index (χ4n) is 3.06. The maximum absolute atomic E-state index is 12.8. The number of benzene rings is 1. The van der Waals surface area contributed by atoms with Crippen LogP contribution in [0.25, 0.3) is 10.9 Å². The van der Waals surface area contributed by atoms with E-state index >= 15 is 0 Å². The summed E-state index contributed by atoms with van der Waals surface area (Å²) in [6.07, 6.45) is 1.65. The van der Waals surface area contributed by atoms with Crippen molar-refractivity contribution in [3.05, 3.63) is 64.3 Å². The van der Waals surface area contributed by atoms with Gasteiger partial charge < -0.3 is 13.7 Å². The number of furan rings is 1. The van der Waals surface area contributed by atoms with Crippen LogP contribution in [-0.4, -0.2) is 10.5 Å². The van der Waals surface area contributed by atoms with Gasteiger partial charge >= 0.3 is 5.97 Å². The molecule has 110 valence electrons. The predicted octanol–water partition coefficient (Wildman–Crippen LogP) is 2.57. The Morgan fingerprint density at radius 2 is 1.95 bits per heavy atom. The van der Waals surface area contributed by atoms with Crippen molar-refractivity contribution in [2.75, 3.05) is 0 Å². The summed E-state index contributed by atoms with van der Waals surface area (Å²) in [6, 6.07) is 10.9. The summed E-state index contributed by atoms with van der Waals surface area (Å²) in [6.45, 7) is 0. The Hall–Kier alpha value is -2.82. The average molecular weight is 295 g/mol. The van der Waals surface area contributed by atoms with Crippen LogP contribution in [0.3, 0.4) is 0 Å². The van der Waals surface area contributed by atoms with E-state index in [1.54, 1.807) is 30.0 Å². The number of aryl methyl sites for hydroxylation is 1. The van der Waals surface area contributed by atoms with E-state index in [-0.39, 0.29) is 17.9 Å². The van der Waals surface area contributed by atoms with Gasteiger partial charge in [-0.05, 0) is 24.3 Å². The van der Waals surface area contributed by atoms with Crippen LogP contribution in [0.1, 0.15) is 23.7 Å². The zero-order valence-corrected chi connectivity index (χ0v) is 11.9. The van der Waals surface area contributed by atoms with Gasteiger partial charge in [0.2, 0.25) is 0 Å². The lowest BCUT2D eigenvalue weighted by atomic mass is 9.90. The van der Waals surface area contributed by atoms with Crippen LogP contribution in [0.15, 0.2) is 51.9 Å². The van der Waals surface area contributed by atoms with Crippen molar-refractivity contribution in [1.82, 2.24) is 4.57 Å². The topological polar surface area (TPSA) is 61.4 Å². The summed E-state index contributed by atoms with van der Waals surface area (Å²) >= 11 is 0. The molecule has 2 aromatic heterocycles. The van der Waals surface area contributed by atoms with Crippen LogP contribution >= 0.6 is 0 Å². The second kappa shape index (κ2) is 4.59. The highest BCUT2D eigenvalue weighted by atomic mass is 16.5. The molecule has 0 unspecified atom stereocenters. The molecule has 1 aliphatic heterocycles. The molecule has 5 heteroatoms. The van der Waals surface area contributed by atoms with Crippen molar-refractivity contribution in [3.8, 4) is 5.75 Å². The third-order valence-corrected chi connectivity index (χ3v) is 4.11. The number of rotatable bonds is 1. The summed E-state index contributed by atoms with van der Waals surface area (Å²) < 4.78 is 12.4. The molecule has 0 radical (unpaired) electrons. The first-order chi connectivity index (χ1) is 10.7. The Bertz CT molecular complexity index is 937. The molecule has 1 aliphatic rings. The number of pyridine rings is 1. The minimum absolute atomic E-state index is 0.105. The van der Waals surface area contributed by atoms with Crippen LogP contribution < -0.4 is 10.3 Å². The summed E-state index contributed by atoms with van der Waals surface area (Å²) in [5, 5.41) is 0.754. The van der Waals surface area contributed by atoms with Crippen LogP contribution in [-0.2, 0) is 11.8 Å². The average Bonchev–Trinajstić information content (AvgIpc) is 3.06. The molecule has 0 spiro atoms. The Labute approximate surface area is 125 Å². The van der Waals surface area contributed by atoms with Crippen molar-refractivity contribution in [1.29, 1.82) is 0 Å². The van der Waals surface area contributed by atoms with E-state index in [0.717, 1.165) is 10.9 Å². The lowest BCUT2D eigenvalue weighted by molar-refractivity contribution is -0.135. The number of nitrogens with zero attached hydrogens (tertiary/aromatic N) is 1. The minimum Gasteiger partial charge on any atom is -0.469 e. The van der Waals surface area contributed by atoms with Gasteiger partial charge in [-0.15, -0.1) is 0 Å². The van der Waals surface area contributed by atoms with Gasteiger partial charge in [0, 0.05) is 12.4 Å². The summed E-state index contributed by atoms with van der Waals surface area (Å²) in [5.74, 6) is 0.198. The maximum Gasteiger partial charge on any atom is 0.312 e. The van der Waals surface area contributed by atoms with Crippen molar-refractivity contribution in [2.24, 2.45) is 7.05 Å². The van der Waals surface area contributed by atoms with Gasteiger partial charge in [-0.1, -0.05) is 12.1 Å². The highest BCUT2D eigenvalue weighted by molar-refractivity contribution is 5.91. The van der Waals surface area contributed by atoms with Gasteiger partial charge in [-0.3, -0.25) is 9.59 Å². The number of carbonyl (C=O) groups is 1. The number of aromatic nitrogens is 1. The smallest absolute Gasteiger partial charge is 0.312 e. The van der Waals surface area contributed by atoms with Crippen LogP contribution in [0.5, 0.6) is 5.75 Å². The number of para-hydroxylation sites is 1. The molecule has 0 fully saturated rings. The minimum atomic E-state index is -0.408. The zero-order chi connectivity index (χ0) is 15.3. The molecular formula is C17H13NO4. The normalized spacial score (nSPS) is 17.3. The molecule has 0 saturated heterocycles. The monoisotopic (exact) mass is 295 g/mol. The van der Waals surface area contributed by atoms with Gasteiger partial charge in [0.25, 0.3) is 5.56 Å². The number of hydrogen-bond donors (Lipinski definition) is 0. The molecule has 22 heavy (non-hydrogen) atoms. The number of hydrogen-bond acceptors (Lipinski definition) is 4. The van der Waals surface area contributed by atoms with Gasteiger partial charge in [-0.25, -0.2) is 0 Å². The third-order valence-electron chi connectivity index (χ3n) is 4.11. The molecule has 0 bridgehead atoms. The van der Waals surface area contributed by atoms with Gasteiger partial charge in [-0.2, -0.15) is 0 Å². The van der Waals surface area contributed by atoms with Gasteiger partial charge in [0.05, 0.1) is 29.7 Å². The first kappa shape index (κ1) is 12.9. The molecule has 3 heterocycles. The third kappa shape index (κ3) is 1.72. The molecule has 0 N–H and O–H groups in total. The van der Waals surface area contributed by atoms with Crippen molar-refractivity contribution in [3.63, 3.8) is 0 Å². The largest absolute Gasteiger partial charge is 0.469 e. The molecule has 1 aromatic carbocycles. The Morgan fingerprint density at radius 1 is 1.14 bits per heavy atom. The van der Waals surface area contributed by atoms with Crippen LogP contribution in [0, 0.1) is 0 Å². The summed E-state index contributed by atoms with van der Waals surface area (Å²) in [4.78, 5) is 24.8. The number of carbonyl (C=O) groups excluding carboxylic acids is 1. The maximum atomic E-state index is 12.8. The van der Waals surface area contributed by atoms with Crippen LogP contribution in [0.2, 0.25) is 0 Å². The number of esters is 1. The van der Waals surface area contributed by atoms with E-state index < -0.39 is 5.92 Å². The molecule has 4 rings (SSSR count). The quantitative estimate of drug-likeness (QED) is 0.647. The van der Waals surface area contributed by atoms with E-state index in [1.807, 2.05) is 24.3 Å². The lowest BCUT2D eigenvalue weighted by Gasteiger charge is -2.24. The first-order valence-electron chi connectivity index (χ1n) is 7.02. The second-order valence-corrected chi connectivity index (χ2v) is 5.37. The van der Waals surface area contributed by atoms with E-state index in [2.05, 4.69) is 0 Å². The van der Waals surface area contributed by atoms with E-state index in [9.17, 15) is 9.59 Å². The van der Waals surface area contributed by atoms with E-state index in [0.29, 0.717) is 17.1 Å². The first-order valence-corrected chi connectivity index (χ1v) is 7.02. The molecular weight excluding hydrogens is 282 g/mol. The standard InChI is InChI=1S/C17H13NO4/c1-18-12-6-3-2-5-10(12)16-15(17(18)20)11(9-14(19)22-16)13-7-4-8-21-13/h2-8,11H,9H2,1H3/t11-/m1/s1. The van der Waals surface area contributed by atoms with Crippen molar-refractivity contribution in [2.45, 2.75) is 12.3 Å². The molecule has 3 aromatic rings. The lowest BCUT2D eigenvalue weighted by Crippen LogP contribution is -2.31. The molecule has 5 nitrogen and oxygen atoms in total. The fourth-order valence-corrected chi connectivity index (χ4v) is 3.06. The molecule has 1 atom stereocenters. The van der Waals surface area contributed by atoms with E-state index in [4.69, 9.17) is 9.15 Å². The Balaban J connectivity index is 2.11. The van der Waals surface area contributed by atoms with Gasteiger partial charge in [0.1, 0.15) is 11.5 Å². The van der Waals surface area contributed by atoms with Crippen LogP contribution in [0.4, 0.5) is 0 Å². The summed E-state index contributed by atoms with van der Waals surface area (Å²) in [7, 11) is 1.72. The van der Waals surface area contributed by atoms with Gasteiger partial charge in [0.15, 0.2) is 0 Å². The second-order valence-electron chi connectivity index (χ2n) is 5.37. The predicted molar refractivity (Wildman–Crippen MR) is 80.0 cm³/mol. The van der Waals surface area contributed by atoms with Crippen molar-refractivity contribution < 1.29 is 13.9 Å². The molecule has 0 aliphatic carbocycles. The Kier molecular flexibility index (Phi) is 2.69. The number of fused-ring (bicyclic) bond motifs is 3. The van der Waals surface area contributed by atoms with E-state index in [1.165, 1.54) is 0 Å². The Morgan fingerprint density at radius 3 is 2.73 bits per heavy atom. The zero-order valence-electron chi connectivity index (χ0n) is 11.9. The molecule has 0 amide bonds. The fraction of sp³-hybridized carbons (Fsp3) is 0.176. The highest BCUT2D eigenvalue weighted by Gasteiger charge is 2.34. The number of ether oxygens (including phenoxy) is 1. The highest BCUT2D eigenvalue weighted by Crippen LogP contribution is 2.40. The SMILES string of the molecule is Cn1c(=O)c2c(c3ccccc31)OC(=O)C[C@@H]2c1ccco1. The van der Waals surface area contributed by atoms with Crippen molar-refractivity contribution >= 4 is 16.9 Å². The molecule has 0 saturated carbocycles.